The van der Waals surface area contributed by atoms with Crippen LogP contribution in [0.4, 0.5) is 9.59 Å². The fraction of sp³-hybridized carbons (Fsp3) is 0.500. The Morgan fingerprint density at radius 3 is 1.35 bits per heavy atom. The third-order valence-electron chi connectivity index (χ3n) is 10.6. The van der Waals surface area contributed by atoms with Crippen molar-refractivity contribution in [1.82, 2.24) is 29.7 Å². The van der Waals surface area contributed by atoms with E-state index in [1.54, 1.807) is 53.1 Å². The van der Waals surface area contributed by atoms with Crippen LogP contribution in [0.2, 0.25) is 0 Å². The number of nitrogens with zero attached hydrogens (tertiary/aromatic N) is 4. The summed E-state index contributed by atoms with van der Waals surface area (Å²) in [5.74, 6) is -0.658. The number of imidazole rings is 2. The van der Waals surface area contributed by atoms with E-state index in [9.17, 15) is 28.8 Å². The van der Waals surface area contributed by atoms with Gasteiger partial charge in [-0.05, 0) is 98.4 Å². The van der Waals surface area contributed by atoms with E-state index in [2.05, 4.69) is 9.97 Å². The number of carbonyl (C=O) groups is 6. The van der Waals surface area contributed by atoms with Crippen LogP contribution < -0.4 is 18.9 Å². The molecule has 17 nitrogen and oxygen atoms in total. The van der Waals surface area contributed by atoms with Crippen molar-refractivity contribution >= 4 is 35.7 Å². The van der Waals surface area contributed by atoms with Gasteiger partial charge in [0.2, 0.25) is 0 Å². The monoisotopic (exact) mass is 906 g/mol. The van der Waals surface area contributed by atoms with Crippen molar-refractivity contribution in [2.24, 2.45) is 0 Å². The minimum Gasteiger partial charge on any atom is -0.870 e. The normalized spacial score (nSPS) is 16.4. The number of benzene rings is 2. The number of H-pyrrole nitrogens is 2. The van der Waals surface area contributed by atoms with E-state index in [0.29, 0.717) is 77.2 Å². The van der Waals surface area contributed by atoms with E-state index >= 15 is 0 Å². The van der Waals surface area contributed by atoms with Gasteiger partial charge in [-0.25, -0.2) is 29.1 Å². The van der Waals surface area contributed by atoms with E-state index in [4.69, 9.17) is 29.3 Å². The molecule has 18 heteroatoms. The SMILES string of the molecule is CC(=O)c1[nH]c(C2CCCCCN2C(=O)OC(C)(C)C)nc1-c1ccc(C(=O)O)cc1.CCOC(=O)c1ccc(-c2nc(C3CCCCCN3C(=O)OC(C)(C)C)[nH]c2C(C)=O)cc1.[Li+].[OH-]. The number of ether oxygens (including phenoxy) is 3. The zero-order chi connectivity index (χ0) is 46.9. The standard InChI is InChI=1S/C25H33N3O5.C23H29N3O5.Li.H2O/c1-6-32-23(30)18-13-11-17(12-14-18)21-20(16(2)29)26-22(27-21)19-10-8-7-9-15-28(19)24(31)33-25(3,4)5;1-14(27)18-19(15-9-11-16(12-10-15)21(28)29)25-20(24-18)17-8-6-5-7-13-26(17)22(30)31-23(2,3)4;;/h11-14,19H,6-10,15H2,1-5H3,(H,26,27);9-12,17H,5-8,13H2,1-4H3,(H,24,25)(H,28,29);;1H2/q;;+1;/p-1. The molecule has 4 heterocycles. The molecule has 2 fully saturated rings. The first-order chi connectivity index (χ1) is 30.2. The predicted molar refractivity (Wildman–Crippen MR) is 241 cm³/mol. The van der Waals surface area contributed by atoms with Gasteiger partial charge in [0.05, 0.1) is 41.2 Å². The fourth-order valence-electron chi connectivity index (χ4n) is 7.64. The molecule has 2 atom stereocenters. The number of Topliss-reactive ketones (excluding diaryl/α,β-unsaturated/α-hetero) is 2. The molecule has 0 aliphatic carbocycles. The van der Waals surface area contributed by atoms with Crippen LogP contribution in [0.5, 0.6) is 0 Å². The number of ketones is 2. The van der Waals surface area contributed by atoms with Gasteiger partial charge in [-0.3, -0.25) is 19.4 Å². The number of likely N-dealkylation sites (tertiary alicyclic amines) is 2. The second-order valence-electron chi connectivity index (χ2n) is 18.1. The van der Waals surface area contributed by atoms with Gasteiger partial charge in [0.25, 0.3) is 0 Å². The zero-order valence-corrected chi connectivity index (χ0v) is 39.9. The smallest absolute Gasteiger partial charge is 0.870 e. The van der Waals surface area contributed by atoms with Crippen LogP contribution in [0.1, 0.15) is 179 Å². The van der Waals surface area contributed by atoms with Crippen molar-refractivity contribution in [2.45, 2.75) is 137 Å². The molecule has 2 saturated heterocycles. The van der Waals surface area contributed by atoms with E-state index < -0.39 is 29.2 Å². The number of hydrogen-bond acceptors (Lipinski definition) is 12. The molecule has 2 aliphatic rings. The summed E-state index contributed by atoms with van der Waals surface area (Å²) in [5.41, 5.74) is 2.38. The van der Waals surface area contributed by atoms with E-state index in [1.165, 1.54) is 26.0 Å². The minimum atomic E-state index is -1.02. The van der Waals surface area contributed by atoms with Gasteiger partial charge >= 0.3 is 43.0 Å². The summed E-state index contributed by atoms with van der Waals surface area (Å²) in [4.78, 5) is 92.9. The first kappa shape index (κ1) is 54.6. The molecular formula is C48H63LiN6O11. The van der Waals surface area contributed by atoms with E-state index in [-0.39, 0.29) is 59.6 Å². The number of carbonyl (C=O) groups excluding carboxylic acids is 5. The molecule has 6 rings (SSSR count). The Labute approximate surface area is 398 Å². The molecule has 0 saturated carbocycles. The van der Waals surface area contributed by atoms with Crippen LogP contribution in [-0.2, 0) is 14.2 Å². The summed E-state index contributed by atoms with van der Waals surface area (Å²) in [7, 11) is 0. The summed E-state index contributed by atoms with van der Waals surface area (Å²) in [6, 6.07) is 12.4. The van der Waals surface area contributed by atoms with Gasteiger partial charge in [-0.2, -0.15) is 0 Å². The quantitative estimate of drug-likeness (QED) is 0.0666. The third-order valence-corrected chi connectivity index (χ3v) is 10.6. The molecule has 0 bridgehead atoms. The Kier molecular flexibility index (Phi) is 19.5. The van der Waals surface area contributed by atoms with Gasteiger partial charge < -0.3 is 34.8 Å². The molecule has 352 valence electrons. The average Bonchev–Trinajstić information content (AvgIpc) is 3.69. The molecule has 66 heavy (non-hydrogen) atoms. The van der Waals surface area contributed by atoms with Crippen molar-refractivity contribution in [1.29, 1.82) is 0 Å². The van der Waals surface area contributed by atoms with Gasteiger partial charge in [0.15, 0.2) is 11.6 Å². The summed E-state index contributed by atoms with van der Waals surface area (Å²) in [6.07, 6.45) is 6.32. The molecule has 2 aromatic heterocycles. The molecule has 4 aromatic rings. The molecule has 2 aromatic carbocycles. The van der Waals surface area contributed by atoms with Crippen LogP contribution in [0.25, 0.3) is 22.5 Å². The number of amides is 2. The zero-order valence-electron chi connectivity index (χ0n) is 39.9. The second-order valence-corrected chi connectivity index (χ2v) is 18.1. The van der Waals surface area contributed by atoms with Crippen molar-refractivity contribution in [3.8, 4) is 22.5 Å². The topological polar surface area (TPSA) is 244 Å². The summed E-state index contributed by atoms with van der Waals surface area (Å²) >= 11 is 0. The summed E-state index contributed by atoms with van der Waals surface area (Å²) in [6.45, 7) is 17.1. The van der Waals surface area contributed by atoms with Gasteiger partial charge in [-0.1, -0.05) is 49.9 Å². The number of aromatic nitrogens is 4. The Morgan fingerprint density at radius 2 is 1.02 bits per heavy atom. The Morgan fingerprint density at radius 1 is 0.636 bits per heavy atom. The van der Waals surface area contributed by atoms with Crippen LogP contribution in [0, 0.1) is 0 Å². The second kappa shape index (κ2) is 23.6. The molecule has 2 aliphatic heterocycles. The first-order valence-electron chi connectivity index (χ1n) is 22.0. The molecule has 0 spiro atoms. The predicted octanol–water partition coefficient (Wildman–Crippen LogP) is 6.97. The summed E-state index contributed by atoms with van der Waals surface area (Å²) < 4.78 is 16.3. The Hall–Kier alpha value is -5.76. The molecule has 4 N–H and O–H groups in total. The van der Waals surface area contributed by atoms with Crippen LogP contribution in [0.15, 0.2) is 48.5 Å². The van der Waals surface area contributed by atoms with Crippen molar-refractivity contribution in [2.75, 3.05) is 19.7 Å². The molecule has 2 amide bonds. The number of nitrogens with one attached hydrogen (secondary N) is 2. The van der Waals surface area contributed by atoms with Crippen LogP contribution in [0.3, 0.4) is 0 Å². The average molecular weight is 907 g/mol. The number of carboxylic acid groups (broad SMARTS) is 1. The van der Waals surface area contributed by atoms with Crippen molar-refractivity contribution in [3.63, 3.8) is 0 Å². The van der Waals surface area contributed by atoms with Gasteiger partial charge in [-0.15, -0.1) is 0 Å². The van der Waals surface area contributed by atoms with E-state index in [0.717, 1.165) is 44.9 Å². The fourth-order valence-corrected chi connectivity index (χ4v) is 7.64. The first-order valence-corrected chi connectivity index (χ1v) is 22.0. The van der Waals surface area contributed by atoms with Crippen LogP contribution in [-0.4, -0.2) is 107 Å². The third kappa shape index (κ3) is 14.4. The Balaban J connectivity index is 0.000000341. The number of rotatable bonds is 9. The van der Waals surface area contributed by atoms with Crippen molar-refractivity contribution < 1.29 is 72.4 Å². The number of hydrogen-bond donors (Lipinski definition) is 3. The maximum absolute atomic E-state index is 13.0. The number of aromatic carboxylic acids is 1. The minimum absolute atomic E-state index is 0. The van der Waals surface area contributed by atoms with E-state index in [1.807, 2.05) is 41.5 Å². The molecule has 2 unspecified atom stereocenters. The largest absolute Gasteiger partial charge is 1.00 e. The van der Waals surface area contributed by atoms with Crippen molar-refractivity contribution in [3.05, 3.63) is 82.7 Å². The number of esters is 1. The van der Waals surface area contributed by atoms with Gasteiger partial charge in [0.1, 0.15) is 34.2 Å². The maximum Gasteiger partial charge on any atom is 1.00 e. The number of aromatic amines is 2. The molecular weight excluding hydrogens is 843 g/mol. The summed E-state index contributed by atoms with van der Waals surface area (Å²) in [5, 5.41) is 9.13. The molecule has 0 radical (unpaired) electrons. The van der Waals surface area contributed by atoms with Crippen LogP contribution >= 0.6 is 0 Å². The Bertz CT molecular complexity index is 2310. The maximum atomic E-state index is 13.0. The number of carboxylic acids is 1. The van der Waals surface area contributed by atoms with Gasteiger partial charge in [0, 0.05) is 38.1 Å².